The number of hydrogen-bond donors (Lipinski definition) is 1. The maximum Gasteiger partial charge on any atom is 0.416 e. The van der Waals surface area contributed by atoms with Crippen molar-refractivity contribution in [3.8, 4) is 0 Å². The van der Waals surface area contributed by atoms with E-state index in [9.17, 15) is 22.8 Å². The van der Waals surface area contributed by atoms with E-state index in [2.05, 4.69) is 5.32 Å². The highest BCUT2D eigenvalue weighted by Gasteiger charge is 2.30. The van der Waals surface area contributed by atoms with E-state index < -0.39 is 35.6 Å². The minimum Gasteiger partial charge on any atom is -0.452 e. The van der Waals surface area contributed by atoms with Crippen LogP contribution in [0.2, 0.25) is 0 Å². The SMILES string of the molecule is CC[C@H](C(=O)O[C@H](C)C(=O)Nc1ccc(C(F)(F)F)cc1)c1ccccc1. The average Bonchev–Trinajstić information content (AvgIpc) is 2.63. The fourth-order valence-electron chi connectivity index (χ4n) is 2.52. The van der Waals surface area contributed by atoms with Gasteiger partial charge >= 0.3 is 12.1 Å². The smallest absolute Gasteiger partial charge is 0.416 e. The second-order valence-corrected chi connectivity index (χ2v) is 6.01. The molecule has 0 unspecified atom stereocenters. The number of carbonyl (C=O) groups excluding carboxylic acids is 2. The maximum absolute atomic E-state index is 12.6. The first-order valence-electron chi connectivity index (χ1n) is 8.46. The van der Waals surface area contributed by atoms with Gasteiger partial charge in [0.2, 0.25) is 0 Å². The summed E-state index contributed by atoms with van der Waals surface area (Å²) in [5.41, 5.74) is 0.167. The fraction of sp³-hybridized carbons (Fsp3) is 0.300. The Morgan fingerprint density at radius 3 is 2.15 bits per heavy atom. The zero-order valence-electron chi connectivity index (χ0n) is 14.9. The maximum atomic E-state index is 12.6. The molecule has 0 fully saturated rings. The van der Waals surface area contributed by atoms with Gasteiger partial charge in [0.25, 0.3) is 5.91 Å². The number of nitrogens with one attached hydrogen (secondary N) is 1. The number of ether oxygens (including phenoxy) is 1. The second-order valence-electron chi connectivity index (χ2n) is 6.01. The van der Waals surface area contributed by atoms with Crippen molar-refractivity contribution in [3.05, 3.63) is 65.7 Å². The Morgan fingerprint density at radius 1 is 1.04 bits per heavy atom. The molecular weight excluding hydrogens is 359 g/mol. The van der Waals surface area contributed by atoms with Crippen molar-refractivity contribution < 1.29 is 27.5 Å². The molecule has 2 aromatic rings. The van der Waals surface area contributed by atoms with Crippen LogP contribution in [0.5, 0.6) is 0 Å². The highest BCUT2D eigenvalue weighted by molar-refractivity contribution is 5.95. The Kier molecular flexibility index (Phi) is 6.60. The van der Waals surface area contributed by atoms with Gasteiger partial charge < -0.3 is 10.1 Å². The first-order valence-corrected chi connectivity index (χ1v) is 8.46. The first kappa shape index (κ1) is 20.5. The Hall–Kier alpha value is -2.83. The largest absolute Gasteiger partial charge is 0.452 e. The van der Waals surface area contributed by atoms with E-state index in [1.54, 1.807) is 0 Å². The minimum absolute atomic E-state index is 0.186. The number of benzene rings is 2. The third-order valence-corrected chi connectivity index (χ3v) is 4.04. The highest BCUT2D eigenvalue weighted by Crippen LogP contribution is 2.30. The summed E-state index contributed by atoms with van der Waals surface area (Å²) in [7, 11) is 0. The summed E-state index contributed by atoms with van der Waals surface area (Å²) in [6.07, 6.45) is -5.02. The molecule has 0 spiro atoms. The molecule has 0 radical (unpaired) electrons. The van der Waals surface area contributed by atoms with E-state index in [0.717, 1.165) is 29.8 Å². The van der Waals surface area contributed by atoms with Gasteiger partial charge in [-0.1, -0.05) is 37.3 Å². The molecule has 0 bridgehead atoms. The summed E-state index contributed by atoms with van der Waals surface area (Å²) < 4.78 is 42.9. The molecule has 4 nitrogen and oxygen atoms in total. The first-order chi connectivity index (χ1) is 12.7. The van der Waals surface area contributed by atoms with Gasteiger partial charge in [0, 0.05) is 5.69 Å². The molecule has 1 N–H and O–H groups in total. The van der Waals surface area contributed by atoms with E-state index >= 15 is 0 Å². The van der Waals surface area contributed by atoms with E-state index in [-0.39, 0.29) is 5.69 Å². The molecule has 7 heteroatoms. The van der Waals surface area contributed by atoms with Gasteiger partial charge in [0.15, 0.2) is 6.10 Å². The zero-order valence-corrected chi connectivity index (χ0v) is 14.9. The van der Waals surface area contributed by atoms with Crippen LogP contribution in [-0.2, 0) is 20.5 Å². The predicted molar refractivity (Wildman–Crippen MR) is 95.1 cm³/mol. The topological polar surface area (TPSA) is 55.4 Å². The van der Waals surface area contributed by atoms with Gasteiger partial charge in [-0.3, -0.25) is 9.59 Å². The number of halogens is 3. The van der Waals surface area contributed by atoms with Crippen LogP contribution in [0.3, 0.4) is 0 Å². The highest BCUT2D eigenvalue weighted by atomic mass is 19.4. The van der Waals surface area contributed by atoms with Crippen molar-refractivity contribution in [1.29, 1.82) is 0 Å². The van der Waals surface area contributed by atoms with Crippen molar-refractivity contribution in [3.63, 3.8) is 0 Å². The number of hydrogen-bond acceptors (Lipinski definition) is 3. The monoisotopic (exact) mass is 379 g/mol. The van der Waals surface area contributed by atoms with Crippen LogP contribution in [0, 0.1) is 0 Å². The summed E-state index contributed by atoms with van der Waals surface area (Å²) >= 11 is 0. The molecule has 0 aliphatic rings. The lowest BCUT2D eigenvalue weighted by atomic mass is 9.97. The second kappa shape index (κ2) is 8.70. The Labute approximate surface area is 155 Å². The average molecular weight is 379 g/mol. The van der Waals surface area contributed by atoms with Gasteiger partial charge in [0.05, 0.1) is 11.5 Å². The summed E-state index contributed by atoms with van der Waals surface area (Å²) in [6, 6.07) is 13.1. The third kappa shape index (κ3) is 5.57. The van der Waals surface area contributed by atoms with Crippen LogP contribution in [0.15, 0.2) is 54.6 Å². The normalized spacial score (nSPS) is 13.5. The molecule has 0 aliphatic carbocycles. The molecule has 0 saturated carbocycles. The molecule has 2 aromatic carbocycles. The van der Waals surface area contributed by atoms with Gasteiger partial charge in [-0.25, -0.2) is 0 Å². The molecule has 0 aliphatic heterocycles. The molecular formula is C20H20F3NO3. The summed E-state index contributed by atoms with van der Waals surface area (Å²) in [5, 5.41) is 2.44. The molecule has 2 atom stereocenters. The molecule has 2 rings (SSSR count). The van der Waals surface area contributed by atoms with Crippen molar-refractivity contribution in [2.45, 2.75) is 38.5 Å². The van der Waals surface area contributed by atoms with Crippen LogP contribution in [0.1, 0.15) is 37.3 Å². The van der Waals surface area contributed by atoms with Crippen LogP contribution in [-0.4, -0.2) is 18.0 Å². The van der Waals surface area contributed by atoms with E-state index in [1.165, 1.54) is 6.92 Å². The van der Waals surface area contributed by atoms with Crippen LogP contribution < -0.4 is 5.32 Å². The molecule has 144 valence electrons. The predicted octanol–water partition coefficient (Wildman–Crippen LogP) is 4.77. The number of carbonyl (C=O) groups is 2. The van der Waals surface area contributed by atoms with E-state index in [0.29, 0.717) is 6.42 Å². The van der Waals surface area contributed by atoms with Crippen molar-refractivity contribution >= 4 is 17.6 Å². The van der Waals surface area contributed by atoms with Crippen LogP contribution in [0.25, 0.3) is 0 Å². The molecule has 0 aromatic heterocycles. The summed E-state index contributed by atoms with van der Waals surface area (Å²) in [4.78, 5) is 24.5. The number of alkyl halides is 3. The van der Waals surface area contributed by atoms with Crippen LogP contribution >= 0.6 is 0 Å². The Balaban J connectivity index is 1.97. The van der Waals surface area contributed by atoms with Crippen LogP contribution in [0.4, 0.5) is 18.9 Å². The number of rotatable bonds is 6. The van der Waals surface area contributed by atoms with E-state index in [4.69, 9.17) is 4.74 Å². The molecule has 1 amide bonds. The lowest BCUT2D eigenvalue weighted by molar-refractivity contribution is -0.154. The number of amides is 1. The van der Waals surface area contributed by atoms with Gasteiger partial charge in [-0.15, -0.1) is 0 Å². The summed E-state index contributed by atoms with van der Waals surface area (Å²) in [6.45, 7) is 3.25. The van der Waals surface area contributed by atoms with Crippen molar-refractivity contribution in [2.24, 2.45) is 0 Å². The standard InChI is InChI=1S/C20H20F3NO3/c1-3-17(14-7-5-4-6-8-14)19(26)27-13(2)18(25)24-16-11-9-15(10-12-16)20(21,22)23/h4-13,17H,3H2,1-2H3,(H,24,25)/t13-,17+/m1/s1. The molecule has 0 heterocycles. The summed E-state index contributed by atoms with van der Waals surface area (Å²) in [5.74, 6) is -1.64. The van der Waals surface area contributed by atoms with Gasteiger partial charge in [-0.05, 0) is 43.2 Å². The quantitative estimate of drug-likeness (QED) is 0.736. The Bertz CT molecular complexity index is 773. The zero-order chi connectivity index (χ0) is 20.0. The Morgan fingerprint density at radius 2 is 1.63 bits per heavy atom. The third-order valence-electron chi connectivity index (χ3n) is 4.04. The minimum atomic E-state index is -4.45. The van der Waals surface area contributed by atoms with Gasteiger partial charge in [0.1, 0.15) is 0 Å². The fourth-order valence-corrected chi connectivity index (χ4v) is 2.52. The molecule has 0 saturated heterocycles. The lowest BCUT2D eigenvalue weighted by Crippen LogP contribution is -2.31. The lowest BCUT2D eigenvalue weighted by Gasteiger charge is -2.18. The molecule has 27 heavy (non-hydrogen) atoms. The van der Waals surface area contributed by atoms with Gasteiger partial charge in [-0.2, -0.15) is 13.2 Å². The van der Waals surface area contributed by atoms with Crippen molar-refractivity contribution in [2.75, 3.05) is 5.32 Å². The number of esters is 1. The van der Waals surface area contributed by atoms with E-state index in [1.807, 2.05) is 37.3 Å². The van der Waals surface area contributed by atoms with Crippen molar-refractivity contribution in [1.82, 2.24) is 0 Å². The number of anilines is 1.